The van der Waals surface area contributed by atoms with Crippen LogP contribution < -0.4 is 9.47 Å². The summed E-state index contributed by atoms with van der Waals surface area (Å²) in [5, 5.41) is 0. The van der Waals surface area contributed by atoms with Gasteiger partial charge in [-0.25, -0.2) is 0 Å². The molecule has 0 spiro atoms. The van der Waals surface area contributed by atoms with Crippen molar-refractivity contribution in [3.8, 4) is 11.5 Å². The van der Waals surface area contributed by atoms with E-state index in [4.69, 9.17) is 17.4 Å². The molecule has 1 heterocycles. The largest absolute Gasteiger partial charge is 0.573 e. The zero-order chi connectivity index (χ0) is 20.3. The van der Waals surface area contributed by atoms with E-state index in [0.717, 1.165) is 25.0 Å². The van der Waals surface area contributed by atoms with Crippen molar-refractivity contribution in [1.82, 2.24) is 4.98 Å². The van der Waals surface area contributed by atoms with E-state index in [0.29, 0.717) is 6.29 Å². The van der Waals surface area contributed by atoms with Crippen LogP contribution in [0.15, 0.2) is 48.8 Å². The van der Waals surface area contributed by atoms with Crippen molar-refractivity contribution in [2.45, 2.75) is 25.3 Å². The van der Waals surface area contributed by atoms with Gasteiger partial charge in [-0.15, -0.1) is 25.8 Å². The van der Waals surface area contributed by atoms with E-state index in [-0.39, 0.29) is 17.4 Å². The molecule has 1 aromatic heterocycles. The van der Waals surface area contributed by atoms with E-state index in [1.807, 2.05) is 18.2 Å². The van der Waals surface area contributed by atoms with Crippen LogP contribution in [0.3, 0.4) is 0 Å². The number of carbonyl (C=O) groups excluding carboxylic acids is 1. The molecule has 0 aliphatic heterocycles. The van der Waals surface area contributed by atoms with Crippen molar-refractivity contribution in [3.63, 3.8) is 0 Å². The number of nitrogens with zero attached hydrogens (tertiary/aromatic N) is 1. The summed E-state index contributed by atoms with van der Waals surface area (Å²) in [6.45, 7) is 0. The Balaban J connectivity index is 0.000000299. The number of alkyl halides is 3. The summed E-state index contributed by atoms with van der Waals surface area (Å²) in [5.74, 6) is -0.139. The average molecular weight is 405 g/mol. The normalized spacial score (nSPS) is 12.4. The number of pyridine rings is 1. The Hall–Kier alpha value is -2.95. The van der Waals surface area contributed by atoms with Crippen molar-refractivity contribution in [2.75, 3.05) is 0 Å². The van der Waals surface area contributed by atoms with Crippen molar-refractivity contribution in [3.05, 3.63) is 54.4 Å². The number of hydrogen-bond acceptors (Lipinski definition) is 7. The van der Waals surface area contributed by atoms with Gasteiger partial charge in [-0.2, -0.15) is 0 Å². The zero-order valence-corrected chi connectivity index (χ0v) is 14.4. The number of aromatic nitrogens is 1. The Labute approximate surface area is 153 Å². The number of hydrogen-bond donors (Lipinski definition) is 0. The predicted molar refractivity (Wildman–Crippen MR) is 86.1 cm³/mol. The second-order valence-corrected chi connectivity index (χ2v) is 5.32. The Bertz CT molecular complexity index is 790. The molecular formula is C16H14F3NO6S. The number of rotatable bonds is 4. The first-order valence-electron chi connectivity index (χ1n) is 7.34. The van der Waals surface area contributed by atoms with E-state index in [1.165, 1.54) is 6.07 Å². The van der Waals surface area contributed by atoms with Gasteiger partial charge in [-0.05, 0) is 43.2 Å². The molecule has 11 heteroatoms. The average Bonchev–Trinajstić information content (AvgIpc) is 3.40. The summed E-state index contributed by atoms with van der Waals surface area (Å²) in [7, 11) is -3.11. The number of aldehydes is 1. The molecule has 0 radical (unpaired) electrons. The van der Waals surface area contributed by atoms with E-state index in [9.17, 15) is 18.0 Å². The number of ether oxygens (including phenoxy) is 2. The van der Waals surface area contributed by atoms with Crippen LogP contribution in [-0.4, -0.2) is 36.4 Å². The lowest BCUT2D eigenvalue weighted by atomic mass is 10.2. The lowest BCUT2D eigenvalue weighted by molar-refractivity contribution is -0.274. The Kier molecular flexibility index (Phi) is 8.93. The Morgan fingerprint density at radius 1 is 1.07 bits per heavy atom. The highest BCUT2D eigenvalue weighted by molar-refractivity contribution is 7.59. The first kappa shape index (κ1) is 22.1. The highest BCUT2D eigenvalue weighted by Crippen LogP contribution is 2.32. The van der Waals surface area contributed by atoms with Gasteiger partial charge >= 0.3 is 17.0 Å². The van der Waals surface area contributed by atoms with Crippen molar-refractivity contribution in [2.24, 2.45) is 0 Å². The van der Waals surface area contributed by atoms with Crippen LogP contribution in [0.1, 0.15) is 23.2 Å². The molecule has 0 bridgehead atoms. The molecule has 1 aliphatic carbocycles. The van der Waals surface area contributed by atoms with E-state index < -0.39 is 22.7 Å². The summed E-state index contributed by atoms with van der Waals surface area (Å²) in [6.07, 6.45) is 1.06. The first-order valence-corrected chi connectivity index (χ1v) is 8.34. The lowest BCUT2D eigenvalue weighted by Crippen LogP contribution is -2.17. The molecule has 1 fully saturated rings. The van der Waals surface area contributed by atoms with Gasteiger partial charge in [0.05, 0.1) is 11.7 Å². The Morgan fingerprint density at radius 3 is 2.04 bits per heavy atom. The molecule has 0 saturated heterocycles. The minimum Gasteiger partial charge on any atom is -0.490 e. The van der Waals surface area contributed by atoms with Crippen LogP contribution in [0, 0.1) is 0 Å². The quantitative estimate of drug-likeness (QED) is 0.721. The van der Waals surface area contributed by atoms with Crippen molar-refractivity contribution >= 4 is 16.9 Å². The number of halogens is 3. The SMILES string of the molecule is O=Cc1cc(OC(F)(F)F)ccc1OC1CC1.O=S(=O)=O.c1ccncc1. The van der Waals surface area contributed by atoms with Crippen LogP contribution >= 0.6 is 0 Å². The fourth-order valence-electron chi connectivity index (χ4n) is 1.60. The highest BCUT2D eigenvalue weighted by Gasteiger charge is 2.31. The summed E-state index contributed by atoms with van der Waals surface area (Å²) >= 11 is 0. The molecule has 0 amide bonds. The number of carbonyl (C=O) groups is 1. The van der Waals surface area contributed by atoms with Crippen LogP contribution in [0.25, 0.3) is 0 Å². The van der Waals surface area contributed by atoms with Gasteiger partial charge in [0.15, 0.2) is 6.29 Å². The van der Waals surface area contributed by atoms with Gasteiger partial charge in [-0.3, -0.25) is 9.78 Å². The van der Waals surface area contributed by atoms with Gasteiger partial charge in [0.25, 0.3) is 0 Å². The third-order valence-corrected chi connectivity index (χ3v) is 2.73. The molecule has 0 unspecified atom stereocenters. The van der Waals surface area contributed by atoms with E-state index in [2.05, 4.69) is 9.72 Å². The molecule has 27 heavy (non-hydrogen) atoms. The van der Waals surface area contributed by atoms with Gasteiger partial charge < -0.3 is 9.47 Å². The third kappa shape index (κ3) is 11.3. The molecule has 7 nitrogen and oxygen atoms in total. The smallest absolute Gasteiger partial charge is 0.490 e. The van der Waals surface area contributed by atoms with Crippen LogP contribution in [0.2, 0.25) is 0 Å². The zero-order valence-electron chi connectivity index (χ0n) is 13.6. The Morgan fingerprint density at radius 2 is 1.67 bits per heavy atom. The van der Waals surface area contributed by atoms with Crippen LogP contribution in [-0.2, 0) is 10.6 Å². The maximum atomic E-state index is 12.0. The third-order valence-electron chi connectivity index (χ3n) is 2.73. The highest BCUT2D eigenvalue weighted by atomic mass is 32.2. The monoisotopic (exact) mass is 405 g/mol. The summed E-state index contributed by atoms with van der Waals surface area (Å²) in [4.78, 5) is 14.5. The standard InChI is InChI=1S/C11H9F3O3.C5H5N.O3S/c12-11(13,14)17-9-3-4-10(7(5-9)6-15)16-8-1-2-8;1-2-4-6-5-3-1;1-4(2)3/h3-6,8H,1-2H2;1-5H;. The fraction of sp³-hybridized carbons (Fsp3) is 0.250. The van der Waals surface area contributed by atoms with Gasteiger partial charge in [0.1, 0.15) is 11.5 Å². The molecule has 0 N–H and O–H groups in total. The lowest BCUT2D eigenvalue weighted by Gasteiger charge is -2.11. The topological polar surface area (TPSA) is 99.6 Å². The summed E-state index contributed by atoms with van der Waals surface area (Å²) in [5.41, 5.74) is 0.0543. The van der Waals surface area contributed by atoms with Gasteiger partial charge in [0, 0.05) is 12.4 Å². The maximum Gasteiger partial charge on any atom is 0.573 e. The van der Waals surface area contributed by atoms with Gasteiger partial charge in [0.2, 0.25) is 0 Å². The molecule has 1 aromatic carbocycles. The van der Waals surface area contributed by atoms with Crippen LogP contribution in [0.4, 0.5) is 13.2 Å². The second-order valence-electron chi connectivity index (χ2n) is 4.91. The summed E-state index contributed by atoms with van der Waals surface area (Å²) in [6, 6.07) is 9.16. The predicted octanol–water partition coefficient (Wildman–Crippen LogP) is 3.02. The van der Waals surface area contributed by atoms with Crippen molar-refractivity contribution < 1.29 is 40.1 Å². The molecule has 0 atom stereocenters. The van der Waals surface area contributed by atoms with Gasteiger partial charge in [-0.1, -0.05) is 6.07 Å². The molecule has 1 aliphatic rings. The number of benzene rings is 1. The molecule has 146 valence electrons. The first-order chi connectivity index (χ1) is 12.7. The maximum absolute atomic E-state index is 12.0. The van der Waals surface area contributed by atoms with E-state index in [1.54, 1.807) is 12.4 Å². The van der Waals surface area contributed by atoms with Crippen molar-refractivity contribution in [1.29, 1.82) is 0 Å². The van der Waals surface area contributed by atoms with E-state index >= 15 is 0 Å². The second kappa shape index (κ2) is 10.9. The fourth-order valence-corrected chi connectivity index (χ4v) is 1.60. The molecule has 1 saturated carbocycles. The minimum atomic E-state index is -4.76. The molecular weight excluding hydrogens is 391 g/mol. The summed E-state index contributed by atoms with van der Waals surface area (Å²) < 4.78 is 70.3. The minimum absolute atomic E-state index is 0.0543. The molecule has 2 aromatic rings. The molecule has 3 rings (SSSR count). The van der Waals surface area contributed by atoms with Crippen LogP contribution in [0.5, 0.6) is 11.5 Å².